The lowest BCUT2D eigenvalue weighted by molar-refractivity contribution is -0.274. The average Bonchev–Trinajstić information content (AvgIpc) is 2.89. The molecule has 0 saturated heterocycles. The number of halogens is 6. The molecule has 0 heterocycles. The Morgan fingerprint density at radius 2 is 1.28 bits per heavy atom. The number of nitrogens with zero attached hydrogens (tertiary/aromatic N) is 1. The molecule has 4 rings (SSSR count). The maximum atomic E-state index is 13.7. The summed E-state index contributed by atoms with van der Waals surface area (Å²) in [6.45, 7) is -0.644. The van der Waals surface area contributed by atoms with Crippen LogP contribution in [0, 0.1) is 0 Å². The number of alkyl halides is 6. The molecular formula is C29H23F6NO3. The highest BCUT2D eigenvalue weighted by Crippen LogP contribution is 2.38. The van der Waals surface area contributed by atoms with Gasteiger partial charge >= 0.3 is 12.5 Å². The van der Waals surface area contributed by atoms with E-state index >= 15 is 0 Å². The van der Waals surface area contributed by atoms with Gasteiger partial charge in [0.2, 0.25) is 0 Å². The Labute approximate surface area is 220 Å². The third kappa shape index (κ3) is 7.44. The number of anilines is 1. The molecule has 0 fully saturated rings. The molecule has 39 heavy (non-hydrogen) atoms. The Balaban J connectivity index is 1.75. The summed E-state index contributed by atoms with van der Waals surface area (Å²) >= 11 is 0. The Kier molecular flexibility index (Phi) is 8.35. The van der Waals surface area contributed by atoms with Crippen LogP contribution in [0.1, 0.15) is 22.8 Å². The van der Waals surface area contributed by atoms with Gasteiger partial charge in [-0.1, -0.05) is 66.7 Å². The van der Waals surface area contributed by atoms with Crippen LogP contribution in [0.4, 0.5) is 32.0 Å². The quantitative estimate of drug-likeness (QED) is 0.215. The van der Waals surface area contributed by atoms with E-state index in [9.17, 15) is 31.4 Å². The van der Waals surface area contributed by atoms with Gasteiger partial charge < -0.3 is 19.5 Å². The second-order valence-corrected chi connectivity index (χ2v) is 8.52. The van der Waals surface area contributed by atoms with E-state index in [1.165, 1.54) is 41.3 Å². The summed E-state index contributed by atoms with van der Waals surface area (Å²) in [4.78, 5) is 1.45. The van der Waals surface area contributed by atoms with E-state index in [2.05, 4.69) is 4.74 Å². The van der Waals surface area contributed by atoms with Gasteiger partial charge in [0.25, 0.3) is 0 Å². The summed E-state index contributed by atoms with van der Waals surface area (Å²) in [6, 6.07) is 25.3. The molecule has 0 bridgehead atoms. The highest BCUT2D eigenvalue weighted by molar-refractivity contribution is 5.60. The summed E-state index contributed by atoms with van der Waals surface area (Å²) in [5.74, 6) is 0.282. The average molecular weight is 547 g/mol. The van der Waals surface area contributed by atoms with E-state index in [0.29, 0.717) is 11.4 Å². The first kappa shape index (κ1) is 27.8. The maximum absolute atomic E-state index is 13.7. The fourth-order valence-corrected chi connectivity index (χ4v) is 4.09. The van der Waals surface area contributed by atoms with Crippen molar-refractivity contribution in [2.75, 3.05) is 11.4 Å². The molecule has 4 nitrogen and oxygen atoms in total. The number of para-hydroxylation sites is 4. The van der Waals surface area contributed by atoms with Gasteiger partial charge in [0.15, 0.2) is 5.75 Å². The fraction of sp³-hybridized carbons (Fsp3) is 0.172. The van der Waals surface area contributed by atoms with Crippen LogP contribution >= 0.6 is 0 Å². The number of aliphatic hydroxyl groups excluding tert-OH is 1. The third-order valence-corrected chi connectivity index (χ3v) is 5.75. The Bertz CT molecular complexity index is 1380. The molecule has 1 N–H and O–H groups in total. The van der Waals surface area contributed by atoms with Crippen molar-refractivity contribution in [3.8, 4) is 17.2 Å². The minimum absolute atomic E-state index is 0.0978. The summed E-state index contributed by atoms with van der Waals surface area (Å²) in [5, 5.41) is 11.0. The van der Waals surface area contributed by atoms with Gasteiger partial charge in [0.05, 0.1) is 17.4 Å². The van der Waals surface area contributed by atoms with Crippen LogP contribution in [0.15, 0.2) is 103 Å². The van der Waals surface area contributed by atoms with Crippen LogP contribution in [0.25, 0.3) is 0 Å². The van der Waals surface area contributed by atoms with Crippen molar-refractivity contribution < 1.29 is 40.9 Å². The van der Waals surface area contributed by atoms with Crippen LogP contribution < -0.4 is 14.4 Å². The maximum Gasteiger partial charge on any atom is 0.573 e. The number of hydrogen-bond donors (Lipinski definition) is 1. The van der Waals surface area contributed by atoms with Crippen LogP contribution in [0.5, 0.6) is 17.2 Å². The van der Waals surface area contributed by atoms with Gasteiger partial charge in [0, 0.05) is 18.7 Å². The lowest BCUT2D eigenvalue weighted by Gasteiger charge is -2.30. The van der Waals surface area contributed by atoms with E-state index in [1.807, 2.05) is 0 Å². The number of benzene rings is 4. The first-order chi connectivity index (χ1) is 18.5. The van der Waals surface area contributed by atoms with Gasteiger partial charge in [-0.25, -0.2) is 0 Å². The summed E-state index contributed by atoms with van der Waals surface area (Å²) < 4.78 is 90.4. The molecule has 0 aromatic heterocycles. The fourth-order valence-electron chi connectivity index (χ4n) is 4.09. The topological polar surface area (TPSA) is 41.9 Å². The third-order valence-electron chi connectivity index (χ3n) is 5.75. The van der Waals surface area contributed by atoms with Crippen LogP contribution in [0.3, 0.4) is 0 Å². The summed E-state index contributed by atoms with van der Waals surface area (Å²) in [7, 11) is 0. The highest BCUT2D eigenvalue weighted by atomic mass is 19.4. The zero-order valence-corrected chi connectivity index (χ0v) is 20.3. The van der Waals surface area contributed by atoms with Crippen molar-refractivity contribution in [3.63, 3.8) is 0 Å². The standard InChI is InChI=1S/C29H23F6NO3/c30-28(31,32)23-14-6-5-13-22(23)25(37)19-36(18-20-10-4-8-16-26(20)39-29(33,34)35)24-15-7-9-17-27(24)38-21-11-2-1-3-12-21/h1-17,25,37H,18-19H2. The molecule has 0 aliphatic carbocycles. The van der Waals surface area contributed by atoms with E-state index in [0.717, 1.165) is 12.1 Å². The zero-order valence-electron chi connectivity index (χ0n) is 20.3. The predicted octanol–water partition coefficient (Wildman–Crippen LogP) is 8.14. The largest absolute Gasteiger partial charge is 0.573 e. The molecule has 4 aromatic carbocycles. The van der Waals surface area contributed by atoms with Crippen molar-refractivity contribution >= 4 is 5.69 Å². The Morgan fingerprint density at radius 3 is 1.97 bits per heavy atom. The first-order valence-electron chi connectivity index (χ1n) is 11.8. The first-order valence-corrected chi connectivity index (χ1v) is 11.8. The number of ether oxygens (including phenoxy) is 2. The highest BCUT2D eigenvalue weighted by Gasteiger charge is 2.35. The van der Waals surface area contributed by atoms with Crippen molar-refractivity contribution in [1.29, 1.82) is 0 Å². The van der Waals surface area contributed by atoms with E-state index in [1.54, 1.807) is 54.6 Å². The summed E-state index contributed by atoms with van der Waals surface area (Å²) in [5.41, 5.74) is -0.935. The molecule has 0 spiro atoms. The molecule has 204 valence electrons. The van der Waals surface area contributed by atoms with Crippen LogP contribution in [0.2, 0.25) is 0 Å². The molecule has 10 heteroatoms. The molecule has 1 unspecified atom stereocenters. The molecule has 0 saturated carbocycles. The minimum atomic E-state index is -4.96. The second kappa shape index (κ2) is 11.7. The lowest BCUT2D eigenvalue weighted by Crippen LogP contribution is -2.30. The monoisotopic (exact) mass is 547 g/mol. The number of rotatable bonds is 9. The van der Waals surface area contributed by atoms with Gasteiger partial charge in [-0.3, -0.25) is 0 Å². The van der Waals surface area contributed by atoms with Crippen molar-refractivity contribution in [1.82, 2.24) is 0 Å². The molecule has 0 aliphatic rings. The SMILES string of the molecule is OC(CN(Cc1ccccc1OC(F)(F)F)c1ccccc1Oc1ccccc1)c1ccccc1C(F)(F)F. The summed E-state index contributed by atoms with van der Waals surface area (Å²) in [6.07, 6.45) is -11.3. The van der Waals surface area contributed by atoms with E-state index < -0.39 is 36.5 Å². The Hall–Kier alpha value is -4.18. The number of aliphatic hydroxyl groups is 1. The number of hydrogen-bond acceptors (Lipinski definition) is 4. The normalized spacial score (nSPS) is 12.6. The van der Waals surface area contributed by atoms with Crippen LogP contribution in [-0.2, 0) is 12.7 Å². The van der Waals surface area contributed by atoms with Gasteiger partial charge in [0.1, 0.15) is 11.5 Å². The molecule has 0 aliphatic heterocycles. The van der Waals surface area contributed by atoms with Gasteiger partial charge in [-0.15, -0.1) is 13.2 Å². The smallest absolute Gasteiger partial charge is 0.455 e. The molecular weight excluding hydrogens is 524 g/mol. The van der Waals surface area contributed by atoms with Crippen LogP contribution in [-0.4, -0.2) is 18.0 Å². The van der Waals surface area contributed by atoms with E-state index in [4.69, 9.17) is 4.74 Å². The van der Waals surface area contributed by atoms with Gasteiger partial charge in [-0.05, 0) is 42.0 Å². The molecule has 0 radical (unpaired) electrons. The predicted molar refractivity (Wildman–Crippen MR) is 134 cm³/mol. The van der Waals surface area contributed by atoms with E-state index in [-0.39, 0.29) is 23.4 Å². The molecule has 4 aromatic rings. The molecule has 1 atom stereocenters. The minimum Gasteiger partial charge on any atom is -0.455 e. The molecule has 0 amide bonds. The lowest BCUT2D eigenvalue weighted by atomic mass is 10.0. The second-order valence-electron chi connectivity index (χ2n) is 8.52. The van der Waals surface area contributed by atoms with Crippen molar-refractivity contribution in [2.45, 2.75) is 25.2 Å². The Morgan fingerprint density at radius 1 is 0.692 bits per heavy atom. The van der Waals surface area contributed by atoms with Crippen molar-refractivity contribution in [2.24, 2.45) is 0 Å². The zero-order chi connectivity index (χ0) is 28.0. The van der Waals surface area contributed by atoms with Crippen molar-refractivity contribution in [3.05, 3.63) is 120 Å². The van der Waals surface area contributed by atoms with Gasteiger partial charge in [-0.2, -0.15) is 13.2 Å².